The number of aromatic nitrogens is 4. The maximum Gasteiger partial charge on any atom is 0.179 e. The number of nitrogen functional groups attached to an aromatic ring is 1. The van der Waals surface area contributed by atoms with Crippen LogP contribution in [0.25, 0.3) is 0 Å². The third-order valence-corrected chi connectivity index (χ3v) is 5.09. The number of anilines is 2. The van der Waals surface area contributed by atoms with E-state index in [1.807, 2.05) is 10.9 Å². The predicted molar refractivity (Wildman–Crippen MR) is 101 cm³/mol. The van der Waals surface area contributed by atoms with Crippen LogP contribution in [-0.2, 0) is 6.54 Å². The van der Waals surface area contributed by atoms with Crippen LogP contribution < -0.4 is 11.1 Å². The molecule has 0 aromatic carbocycles. The van der Waals surface area contributed by atoms with Crippen LogP contribution in [0.15, 0.2) is 18.7 Å². The molecular formula is C18H23N9. The van der Waals surface area contributed by atoms with E-state index in [4.69, 9.17) is 16.4 Å². The van der Waals surface area contributed by atoms with E-state index in [0.29, 0.717) is 29.4 Å². The molecule has 0 bridgehead atoms. The molecule has 27 heavy (non-hydrogen) atoms. The van der Waals surface area contributed by atoms with Gasteiger partial charge in [0.05, 0.1) is 17.5 Å². The van der Waals surface area contributed by atoms with Crippen LogP contribution in [0, 0.1) is 22.8 Å². The highest BCUT2D eigenvalue weighted by atomic mass is 15.3. The van der Waals surface area contributed by atoms with Crippen molar-refractivity contribution in [2.75, 3.05) is 24.1 Å². The molecule has 2 aliphatic rings. The molecule has 1 saturated carbocycles. The Hall–Kier alpha value is -3.15. The number of hydrogen-bond donors (Lipinski definition) is 3. The zero-order chi connectivity index (χ0) is 18.8. The molecule has 1 aliphatic carbocycles. The smallest absolute Gasteiger partial charge is 0.179 e. The van der Waals surface area contributed by atoms with Crippen molar-refractivity contribution in [2.24, 2.45) is 5.92 Å². The Morgan fingerprint density at radius 2 is 2.22 bits per heavy atom. The van der Waals surface area contributed by atoms with Crippen LogP contribution in [0.2, 0.25) is 0 Å². The summed E-state index contributed by atoms with van der Waals surface area (Å²) in [5, 5.41) is 25.5. The molecule has 4 rings (SSSR count). The van der Waals surface area contributed by atoms with E-state index in [0.717, 1.165) is 25.9 Å². The zero-order valence-corrected chi connectivity index (χ0v) is 15.1. The fourth-order valence-electron chi connectivity index (χ4n) is 3.44. The average molecular weight is 365 g/mol. The largest absolute Gasteiger partial charge is 0.383 e. The molecule has 2 aromatic heterocycles. The minimum atomic E-state index is 0.0804. The first-order valence-electron chi connectivity index (χ1n) is 9.27. The van der Waals surface area contributed by atoms with Gasteiger partial charge in [0.15, 0.2) is 6.19 Å². The third-order valence-electron chi connectivity index (χ3n) is 5.09. The number of piperidine rings is 1. The lowest BCUT2D eigenvalue weighted by molar-refractivity contribution is 0.302. The topological polar surface area (TPSA) is 133 Å². The molecule has 1 atom stereocenters. The van der Waals surface area contributed by atoms with Crippen LogP contribution in [0.5, 0.6) is 0 Å². The standard InChI is InChI=1S/C18H23N9/c19-10-26-5-1-2-14(9-26)25-18-15(17(21)22-11-23-18)16(20)13-6-24-27(8-13)7-12-3-4-12/h6,8,11-12,14,20H,1-5,7,9H2,(H3,21,22,23,25). The first-order valence-corrected chi connectivity index (χ1v) is 9.27. The van der Waals surface area contributed by atoms with Crippen molar-refractivity contribution >= 4 is 17.3 Å². The maximum atomic E-state index is 9.14. The van der Waals surface area contributed by atoms with Crippen LogP contribution in [0.4, 0.5) is 11.6 Å². The molecule has 4 N–H and O–H groups in total. The molecule has 0 amide bonds. The first kappa shape index (κ1) is 17.3. The van der Waals surface area contributed by atoms with Gasteiger partial charge in [0.1, 0.15) is 18.0 Å². The second-order valence-electron chi connectivity index (χ2n) is 7.28. The third kappa shape index (κ3) is 3.84. The van der Waals surface area contributed by atoms with Crippen LogP contribution in [-0.4, -0.2) is 49.5 Å². The molecule has 3 heterocycles. The fraction of sp³-hybridized carbons (Fsp3) is 0.500. The highest BCUT2D eigenvalue weighted by Crippen LogP contribution is 2.30. The summed E-state index contributed by atoms with van der Waals surface area (Å²) in [5.74, 6) is 1.51. The van der Waals surface area contributed by atoms with Gasteiger partial charge >= 0.3 is 0 Å². The molecular weight excluding hydrogens is 342 g/mol. The van der Waals surface area contributed by atoms with Crippen LogP contribution >= 0.6 is 0 Å². The van der Waals surface area contributed by atoms with Crippen molar-refractivity contribution < 1.29 is 0 Å². The monoisotopic (exact) mass is 365 g/mol. The van der Waals surface area contributed by atoms with Gasteiger partial charge in [-0.2, -0.15) is 10.4 Å². The second-order valence-corrected chi connectivity index (χ2v) is 7.28. The van der Waals surface area contributed by atoms with E-state index in [9.17, 15) is 0 Å². The van der Waals surface area contributed by atoms with Crippen molar-refractivity contribution in [2.45, 2.75) is 38.3 Å². The summed E-state index contributed by atoms with van der Waals surface area (Å²) in [6.45, 7) is 2.29. The molecule has 1 saturated heterocycles. The molecule has 9 heteroatoms. The van der Waals surface area contributed by atoms with Crippen LogP contribution in [0.3, 0.4) is 0 Å². The number of nitrogens with one attached hydrogen (secondary N) is 2. The number of nitrogens with zero attached hydrogens (tertiary/aromatic N) is 6. The molecule has 2 fully saturated rings. The number of nitriles is 1. The van der Waals surface area contributed by atoms with E-state index in [1.165, 1.54) is 19.2 Å². The van der Waals surface area contributed by atoms with Gasteiger partial charge in [0.25, 0.3) is 0 Å². The maximum absolute atomic E-state index is 9.14. The highest BCUT2D eigenvalue weighted by molar-refractivity contribution is 6.16. The van der Waals surface area contributed by atoms with Gasteiger partial charge in [0, 0.05) is 37.4 Å². The van der Waals surface area contributed by atoms with Gasteiger partial charge in [0.2, 0.25) is 0 Å². The molecule has 0 spiro atoms. The van der Waals surface area contributed by atoms with Gasteiger partial charge in [-0.15, -0.1) is 0 Å². The Bertz CT molecular complexity index is 877. The van der Waals surface area contributed by atoms with Crippen molar-refractivity contribution in [3.63, 3.8) is 0 Å². The number of nitrogens with two attached hydrogens (primary N) is 1. The molecule has 9 nitrogen and oxygen atoms in total. The zero-order valence-electron chi connectivity index (χ0n) is 15.1. The predicted octanol–water partition coefficient (Wildman–Crippen LogP) is 1.44. The van der Waals surface area contributed by atoms with Gasteiger partial charge < -0.3 is 16.0 Å². The summed E-state index contributed by atoms with van der Waals surface area (Å²) < 4.78 is 1.89. The molecule has 2 aromatic rings. The Morgan fingerprint density at radius 1 is 1.37 bits per heavy atom. The SMILES string of the molecule is N#CN1CCCC(Nc2ncnc(N)c2C(=N)c2cnn(CC3CC3)c2)C1. The van der Waals surface area contributed by atoms with Crippen molar-refractivity contribution in [1.29, 1.82) is 10.7 Å². The van der Waals surface area contributed by atoms with Crippen molar-refractivity contribution in [1.82, 2.24) is 24.6 Å². The van der Waals surface area contributed by atoms with E-state index < -0.39 is 0 Å². The van der Waals surface area contributed by atoms with E-state index in [-0.39, 0.29) is 17.6 Å². The van der Waals surface area contributed by atoms with Gasteiger partial charge in [-0.1, -0.05) is 0 Å². The van der Waals surface area contributed by atoms with Crippen molar-refractivity contribution in [3.05, 3.63) is 29.8 Å². The second kappa shape index (κ2) is 7.23. The van der Waals surface area contributed by atoms with Gasteiger partial charge in [-0.25, -0.2) is 9.97 Å². The normalized spacial score (nSPS) is 19.5. The molecule has 1 aliphatic heterocycles. The summed E-state index contributed by atoms with van der Waals surface area (Å²) in [5.41, 5.74) is 7.53. The quantitative estimate of drug-likeness (QED) is 0.521. The lowest BCUT2D eigenvalue weighted by atomic mass is 10.0. The van der Waals surface area contributed by atoms with E-state index in [1.54, 1.807) is 11.1 Å². The Kier molecular flexibility index (Phi) is 4.62. The summed E-state index contributed by atoms with van der Waals surface area (Å²) in [6, 6.07) is 0.0804. The molecule has 1 unspecified atom stereocenters. The van der Waals surface area contributed by atoms with E-state index >= 15 is 0 Å². The lowest BCUT2D eigenvalue weighted by Crippen LogP contribution is -2.40. The summed E-state index contributed by atoms with van der Waals surface area (Å²) in [6.07, 6.45) is 11.6. The van der Waals surface area contributed by atoms with Gasteiger partial charge in [-0.3, -0.25) is 10.1 Å². The Labute approximate surface area is 157 Å². The van der Waals surface area contributed by atoms with Crippen LogP contribution in [0.1, 0.15) is 36.8 Å². The Balaban J connectivity index is 1.55. The highest BCUT2D eigenvalue weighted by Gasteiger charge is 2.25. The fourth-order valence-corrected chi connectivity index (χ4v) is 3.44. The Morgan fingerprint density at radius 3 is 3.00 bits per heavy atom. The number of rotatable bonds is 6. The average Bonchev–Trinajstić information content (AvgIpc) is 3.36. The summed E-state index contributed by atoms with van der Waals surface area (Å²) in [7, 11) is 0. The summed E-state index contributed by atoms with van der Waals surface area (Å²) >= 11 is 0. The number of likely N-dealkylation sites (tertiary alicyclic amines) is 1. The number of hydrogen-bond acceptors (Lipinski definition) is 8. The van der Waals surface area contributed by atoms with Gasteiger partial charge in [-0.05, 0) is 31.6 Å². The minimum Gasteiger partial charge on any atom is -0.383 e. The summed E-state index contributed by atoms with van der Waals surface area (Å²) in [4.78, 5) is 10.1. The molecule has 140 valence electrons. The van der Waals surface area contributed by atoms with Crippen molar-refractivity contribution in [3.8, 4) is 6.19 Å². The molecule has 0 radical (unpaired) electrons. The first-order chi connectivity index (χ1) is 13.1. The van der Waals surface area contributed by atoms with E-state index in [2.05, 4.69) is 26.6 Å². The minimum absolute atomic E-state index is 0.0804. The lowest BCUT2D eigenvalue weighted by Gasteiger charge is -2.30.